The molecule has 2 aromatic carbocycles. The lowest BCUT2D eigenvalue weighted by Crippen LogP contribution is -2.27. The van der Waals surface area contributed by atoms with Crippen molar-refractivity contribution in [2.75, 3.05) is 25.2 Å². The Hall–Kier alpha value is -1.94. The molecule has 0 bridgehead atoms. The van der Waals surface area contributed by atoms with Gasteiger partial charge in [-0.1, -0.05) is 30.3 Å². The molecule has 0 unspecified atom stereocenters. The van der Waals surface area contributed by atoms with Crippen LogP contribution in [0.15, 0.2) is 48.5 Å². The Morgan fingerprint density at radius 3 is 2.45 bits per heavy atom. The van der Waals surface area contributed by atoms with Crippen LogP contribution >= 0.6 is 0 Å². The highest BCUT2D eigenvalue weighted by molar-refractivity contribution is 5.48. The number of hydrogen-bond donors (Lipinski definition) is 0. The Morgan fingerprint density at radius 2 is 1.80 bits per heavy atom. The van der Waals surface area contributed by atoms with E-state index in [-0.39, 0.29) is 0 Å². The smallest absolute Gasteiger partial charge is 0.149 e. The van der Waals surface area contributed by atoms with E-state index in [1.165, 1.54) is 12.1 Å². The molecule has 2 nitrogen and oxygen atoms in total. The zero-order valence-corrected chi connectivity index (χ0v) is 11.4. The summed E-state index contributed by atoms with van der Waals surface area (Å²) in [7, 11) is 1.60. The van der Waals surface area contributed by atoms with Crippen molar-refractivity contribution in [1.29, 1.82) is 0 Å². The first-order valence-electron chi connectivity index (χ1n) is 6.43. The van der Waals surface area contributed by atoms with E-state index in [4.69, 9.17) is 4.74 Å². The van der Waals surface area contributed by atoms with Gasteiger partial charge < -0.3 is 9.64 Å². The molecule has 0 fully saturated rings. The van der Waals surface area contributed by atoms with Crippen molar-refractivity contribution in [2.24, 2.45) is 0 Å². The quantitative estimate of drug-likeness (QED) is 0.799. The fourth-order valence-electron chi connectivity index (χ4n) is 2.03. The first-order chi connectivity index (χ1) is 9.70. The molecule has 0 N–H and O–H groups in total. The molecule has 0 spiro atoms. The zero-order valence-electron chi connectivity index (χ0n) is 11.4. The Morgan fingerprint density at radius 1 is 1.05 bits per heavy atom. The third kappa shape index (κ3) is 3.78. The van der Waals surface area contributed by atoms with Gasteiger partial charge in [0.25, 0.3) is 0 Å². The van der Waals surface area contributed by atoms with Crippen molar-refractivity contribution < 1.29 is 13.5 Å². The molecule has 4 heteroatoms. The molecule has 0 atom stereocenters. The predicted octanol–water partition coefficient (Wildman–Crippen LogP) is 3.62. The van der Waals surface area contributed by atoms with Crippen LogP contribution in [0.1, 0.15) is 5.56 Å². The van der Waals surface area contributed by atoms with Gasteiger partial charge in [-0.2, -0.15) is 0 Å². The monoisotopic (exact) mass is 277 g/mol. The molecule has 0 radical (unpaired) electrons. The molecule has 0 saturated heterocycles. The fourth-order valence-corrected chi connectivity index (χ4v) is 2.03. The van der Waals surface area contributed by atoms with E-state index in [2.05, 4.69) is 0 Å². The molecule has 2 aromatic rings. The molecule has 0 amide bonds. The molecule has 0 saturated carbocycles. The van der Waals surface area contributed by atoms with Crippen molar-refractivity contribution in [1.82, 2.24) is 0 Å². The van der Waals surface area contributed by atoms with Gasteiger partial charge in [-0.3, -0.25) is 0 Å². The van der Waals surface area contributed by atoms with Gasteiger partial charge in [0.1, 0.15) is 11.6 Å². The lowest BCUT2D eigenvalue weighted by atomic mass is 10.2. The third-order valence-electron chi connectivity index (χ3n) is 3.03. The molecule has 0 aliphatic carbocycles. The summed E-state index contributed by atoms with van der Waals surface area (Å²) in [6.07, 6.45) is 0. The number of ether oxygens (including phenoxy) is 1. The number of anilines is 1. The van der Waals surface area contributed by atoms with Crippen LogP contribution in [-0.4, -0.2) is 20.3 Å². The second-order valence-corrected chi connectivity index (χ2v) is 4.50. The number of rotatable bonds is 6. The van der Waals surface area contributed by atoms with Gasteiger partial charge in [0.15, 0.2) is 0 Å². The molecule has 0 aliphatic heterocycles. The van der Waals surface area contributed by atoms with Crippen LogP contribution in [0.4, 0.5) is 14.5 Å². The number of hydrogen-bond acceptors (Lipinski definition) is 2. The molecule has 0 heterocycles. The zero-order chi connectivity index (χ0) is 14.4. The summed E-state index contributed by atoms with van der Waals surface area (Å²) in [5.41, 5.74) is 1.44. The van der Waals surface area contributed by atoms with Gasteiger partial charge in [-0.15, -0.1) is 0 Å². The van der Waals surface area contributed by atoms with Crippen LogP contribution in [0, 0.1) is 11.6 Å². The molecular weight excluding hydrogens is 260 g/mol. The minimum Gasteiger partial charge on any atom is -0.383 e. The summed E-state index contributed by atoms with van der Waals surface area (Å²) < 4.78 is 32.0. The number of benzene rings is 2. The fraction of sp³-hybridized carbons (Fsp3) is 0.250. The van der Waals surface area contributed by atoms with Crippen LogP contribution in [0.2, 0.25) is 0 Å². The first-order valence-corrected chi connectivity index (χ1v) is 6.43. The molecule has 0 aromatic heterocycles. The maximum absolute atomic E-state index is 13.9. The van der Waals surface area contributed by atoms with Gasteiger partial charge in [-0.05, 0) is 17.7 Å². The van der Waals surface area contributed by atoms with E-state index in [1.54, 1.807) is 7.11 Å². The van der Waals surface area contributed by atoms with Crippen LogP contribution in [0.3, 0.4) is 0 Å². The first kappa shape index (κ1) is 14.5. The number of halogens is 2. The lowest BCUT2D eigenvalue weighted by Gasteiger charge is -2.25. The van der Waals surface area contributed by atoms with E-state index >= 15 is 0 Å². The molecular formula is C16H17F2NO. The van der Waals surface area contributed by atoms with Gasteiger partial charge in [0.05, 0.1) is 12.3 Å². The standard InChI is InChI=1S/C16H17F2NO/c1-20-10-9-19(12-13-5-3-2-4-6-13)16-8-7-14(17)11-15(16)18/h2-8,11H,9-10,12H2,1H3. The van der Waals surface area contributed by atoms with Gasteiger partial charge in [0, 0.05) is 26.3 Å². The van der Waals surface area contributed by atoms with Gasteiger partial charge >= 0.3 is 0 Å². The lowest BCUT2D eigenvalue weighted by molar-refractivity contribution is 0.205. The highest BCUT2D eigenvalue weighted by Gasteiger charge is 2.12. The molecule has 106 valence electrons. The Kier molecular flexibility index (Phi) is 5.07. The van der Waals surface area contributed by atoms with Crippen molar-refractivity contribution in [3.63, 3.8) is 0 Å². The van der Waals surface area contributed by atoms with E-state index in [0.29, 0.717) is 25.4 Å². The van der Waals surface area contributed by atoms with Crippen molar-refractivity contribution in [3.05, 3.63) is 65.7 Å². The van der Waals surface area contributed by atoms with Gasteiger partial charge in [0.2, 0.25) is 0 Å². The molecule has 0 aliphatic rings. The number of methoxy groups -OCH3 is 1. The molecule has 2 rings (SSSR count). The average molecular weight is 277 g/mol. The van der Waals surface area contributed by atoms with E-state index in [9.17, 15) is 8.78 Å². The van der Waals surface area contributed by atoms with E-state index < -0.39 is 11.6 Å². The predicted molar refractivity (Wildman–Crippen MR) is 75.7 cm³/mol. The summed E-state index contributed by atoms with van der Waals surface area (Å²) >= 11 is 0. The van der Waals surface area contributed by atoms with Crippen LogP contribution in [0.5, 0.6) is 0 Å². The minimum absolute atomic E-state index is 0.382. The molecule has 20 heavy (non-hydrogen) atoms. The Labute approximate surface area is 117 Å². The maximum atomic E-state index is 13.9. The van der Waals surface area contributed by atoms with Crippen molar-refractivity contribution in [2.45, 2.75) is 6.54 Å². The van der Waals surface area contributed by atoms with Crippen molar-refractivity contribution in [3.8, 4) is 0 Å². The summed E-state index contributed by atoms with van der Waals surface area (Å²) in [4.78, 5) is 1.84. The second kappa shape index (κ2) is 7.01. The van der Waals surface area contributed by atoms with Gasteiger partial charge in [-0.25, -0.2) is 8.78 Å². The summed E-state index contributed by atoms with van der Waals surface area (Å²) in [6.45, 7) is 1.56. The van der Waals surface area contributed by atoms with Crippen LogP contribution in [-0.2, 0) is 11.3 Å². The highest BCUT2D eigenvalue weighted by Crippen LogP contribution is 2.22. The minimum atomic E-state index is -0.572. The Bertz CT molecular complexity index is 545. The van der Waals surface area contributed by atoms with Crippen LogP contribution < -0.4 is 4.90 Å². The van der Waals surface area contributed by atoms with Crippen molar-refractivity contribution >= 4 is 5.69 Å². The highest BCUT2D eigenvalue weighted by atomic mass is 19.1. The number of nitrogens with zero attached hydrogens (tertiary/aromatic N) is 1. The largest absolute Gasteiger partial charge is 0.383 e. The van der Waals surface area contributed by atoms with E-state index in [1.807, 2.05) is 35.2 Å². The Balaban J connectivity index is 2.22. The summed E-state index contributed by atoms with van der Waals surface area (Å²) in [5, 5.41) is 0. The summed E-state index contributed by atoms with van der Waals surface area (Å²) in [5.74, 6) is -1.13. The SMILES string of the molecule is COCCN(Cc1ccccc1)c1ccc(F)cc1F. The maximum Gasteiger partial charge on any atom is 0.149 e. The average Bonchev–Trinajstić information content (AvgIpc) is 2.45. The van der Waals surface area contributed by atoms with E-state index in [0.717, 1.165) is 11.6 Å². The normalized spacial score (nSPS) is 10.6. The van der Waals surface area contributed by atoms with Crippen LogP contribution in [0.25, 0.3) is 0 Å². The summed E-state index contributed by atoms with van der Waals surface area (Å²) in [6, 6.07) is 13.4. The second-order valence-electron chi connectivity index (χ2n) is 4.50. The third-order valence-corrected chi connectivity index (χ3v) is 3.03. The topological polar surface area (TPSA) is 12.5 Å².